The van der Waals surface area contributed by atoms with E-state index in [1.807, 2.05) is 13.8 Å². The van der Waals surface area contributed by atoms with Gasteiger partial charge in [0.25, 0.3) is 0 Å². The average Bonchev–Trinajstić information content (AvgIpc) is 2.38. The maximum atomic E-state index is 13.0. The average molecular weight is 279 g/mol. The van der Waals surface area contributed by atoms with Gasteiger partial charge in [-0.2, -0.15) is 5.26 Å². The standard InChI is InChI=1S/C14H18FN3O2/c1-9(2)14(3,20)8-17-13(19)18-12-5-4-11(15)6-10(12)7-16/h4-6,9,20H,8H2,1-3H3,(H2,17,18,19). The molecule has 0 fully saturated rings. The summed E-state index contributed by atoms with van der Waals surface area (Å²) in [4.78, 5) is 11.7. The minimum absolute atomic E-state index is 0.0247. The number of rotatable bonds is 4. The summed E-state index contributed by atoms with van der Waals surface area (Å²) in [6.07, 6.45) is 0. The molecule has 1 rings (SSSR count). The fourth-order valence-electron chi connectivity index (χ4n) is 1.35. The van der Waals surface area contributed by atoms with Gasteiger partial charge in [0.1, 0.15) is 11.9 Å². The predicted molar refractivity (Wildman–Crippen MR) is 73.6 cm³/mol. The van der Waals surface area contributed by atoms with Gasteiger partial charge < -0.3 is 15.7 Å². The molecule has 0 spiro atoms. The van der Waals surface area contributed by atoms with E-state index in [4.69, 9.17) is 5.26 Å². The van der Waals surface area contributed by atoms with Crippen molar-refractivity contribution in [3.8, 4) is 6.07 Å². The second-order valence-corrected chi connectivity index (χ2v) is 5.12. The van der Waals surface area contributed by atoms with Crippen LogP contribution in [0.15, 0.2) is 18.2 Å². The number of benzene rings is 1. The fourth-order valence-corrected chi connectivity index (χ4v) is 1.35. The van der Waals surface area contributed by atoms with Gasteiger partial charge in [-0.25, -0.2) is 9.18 Å². The number of carbonyl (C=O) groups excluding carboxylic acids is 1. The summed E-state index contributed by atoms with van der Waals surface area (Å²) in [7, 11) is 0. The van der Waals surface area contributed by atoms with E-state index in [1.165, 1.54) is 6.07 Å². The minimum Gasteiger partial charge on any atom is -0.388 e. The molecule has 3 N–H and O–H groups in total. The lowest BCUT2D eigenvalue weighted by atomic mass is 9.93. The van der Waals surface area contributed by atoms with Crippen molar-refractivity contribution in [1.82, 2.24) is 5.32 Å². The topological polar surface area (TPSA) is 85.2 Å². The first-order chi connectivity index (χ1) is 9.26. The Balaban J connectivity index is 2.66. The predicted octanol–water partition coefficient (Wildman–Crippen LogP) is 2.23. The lowest BCUT2D eigenvalue weighted by Gasteiger charge is -2.27. The number of halogens is 1. The zero-order valence-corrected chi connectivity index (χ0v) is 11.7. The first kappa shape index (κ1) is 15.9. The van der Waals surface area contributed by atoms with Crippen LogP contribution in [0.2, 0.25) is 0 Å². The summed E-state index contributed by atoms with van der Waals surface area (Å²) in [5, 5.41) is 23.8. The van der Waals surface area contributed by atoms with Crippen molar-refractivity contribution in [2.75, 3.05) is 11.9 Å². The number of urea groups is 1. The third kappa shape index (κ3) is 4.21. The van der Waals surface area contributed by atoms with Crippen LogP contribution in [0.5, 0.6) is 0 Å². The summed E-state index contributed by atoms with van der Waals surface area (Å²) in [6, 6.07) is 4.75. The Labute approximate surface area is 117 Å². The Morgan fingerprint density at radius 3 is 2.75 bits per heavy atom. The maximum Gasteiger partial charge on any atom is 0.319 e. The van der Waals surface area contributed by atoms with Gasteiger partial charge >= 0.3 is 6.03 Å². The van der Waals surface area contributed by atoms with Crippen molar-refractivity contribution in [3.63, 3.8) is 0 Å². The molecule has 2 amide bonds. The van der Waals surface area contributed by atoms with Crippen molar-refractivity contribution in [1.29, 1.82) is 5.26 Å². The van der Waals surface area contributed by atoms with Gasteiger partial charge in [0, 0.05) is 6.54 Å². The van der Waals surface area contributed by atoms with Crippen LogP contribution in [0.25, 0.3) is 0 Å². The van der Waals surface area contributed by atoms with E-state index in [0.717, 1.165) is 12.1 Å². The van der Waals surface area contributed by atoms with Gasteiger partial charge in [-0.05, 0) is 31.0 Å². The van der Waals surface area contributed by atoms with Crippen LogP contribution in [0.4, 0.5) is 14.9 Å². The summed E-state index contributed by atoms with van der Waals surface area (Å²) in [6.45, 7) is 5.37. The molecule has 0 aliphatic carbocycles. The Hall–Kier alpha value is -2.13. The molecule has 6 heteroatoms. The van der Waals surface area contributed by atoms with Crippen LogP contribution in [0.1, 0.15) is 26.3 Å². The molecule has 1 aromatic rings. The van der Waals surface area contributed by atoms with Crippen molar-refractivity contribution >= 4 is 11.7 Å². The number of nitrogens with zero attached hydrogens (tertiary/aromatic N) is 1. The maximum absolute atomic E-state index is 13.0. The van der Waals surface area contributed by atoms with E-state index in [2.05, 4.69) is 10.6 Å². The molecule has 0 aromatic heterocycles. The van der Waals surface area contributed by atoms with Crippen molar-refractivity contribution < 1.29 is 14.3 Å². The van der Waals surface area contributed by atoms with E-state index in [9.17, 15) is 14.3 Å². The second-order valence-electron chi connectivity index (χ2n) is 5.12. The number of hydrogen-bond donors (Lipinski definition) is 3. The molecule has 0 radical (unpaired) electrons. The molecule has 0 heterocycles. The number of hydrogen-bond acceptors (Lipinski definition) is 3. The monoisotopic (exact) mass is 279 g/mol. The second kappa shape index (κ2) is 6.35. The van der Waals surface area contributed by atoms with E-state index in [1.54, 1.807) is 13.0 Å². The van der Waals surface area contributed by atoms with Crippen LogP contribution in [-0.2, 0) is 0 Å². The third-order valence-corrected chi connectivity index (χ3v) is 3.20. The molecule has 1 aromatic carbocycles. The molecule has 0 aliphatic heterocycles. The first-order valence-electron chi connectivity index (χ1n) is 6.23. The van der Waals surface area contributed by atoms with Crippen LogP contribution in [0, 0.1) is 23.1 Å². The number of nitrogens with one attached hydrogen (secondary N) is 2. The summed E-state index contributed by atoms with van der Waals surface area (Å²) in [5.74, 6) is -0.571. The Bertz CT molecular complexity index is 536. The highest BCUT2D eigenvalue weighted by Gasteiger charge is 2.25. The minimum atomic E-state index is -1.03. The summed E-state index contributed by atoms with van der Waals surface area (Å²) < 4.78 is 13.0. The Morgan fingerprint density at radius 2 is 2.20 bits per heavy atom. The van der Waals surface area contributed by atoms with E-state index < -0.39 is 17.4 Å². The van der Waals surface area contributed by atoms with Crippen molar-refractivity contribution in [2.24, 2.45) is 5.92 Å². The highest BCUT2D eigenvalue weighted by Crippen LogP contribution is 2.17. The van der Waals surface area contributed by atoms with Crippen LogP contribution in [0.3, 0.4) is 0 Å². The fraction of sp³-hybridized carbons (Fsp3) is 0.429. The highest BCUT2D eigenvalue weighted by atomic mass is 19.1. The van der Waals surface area contributed by atoms with Gasteiger partial charge in [0.05, 0.1) is 16.9 Å². The normalized spacial score (nSPS) is 13.4. The zero-order chi connectivity index (χ0) is 15.3. The number of nitriles is 1. The SMILES string of the molecule is CC(C)C(C)(O)CNC(=O)Nc1ccc(F)cc1C#N. The molecule has 20 heavy (non-hydrogen) atoms. The quantitative estimate of drug-likeness (QED) is 0.790. The highest BCUT2D eigenvalue weighted by molar-refractivity contribution is 5.90. The number of anilines is 1. The molecule has 0 saturated heterocycles. The lowest BCUT2D eigenvalue weighted by Crippen LogP contribution is -2.45. The van der Waals surface area contributed by atoms with Gasteiger partial charge in [0.15, 0.2) is 0 Å². The number of amides is 2. The van der Waals surface area contributed by atoms with Crippen molar-refractivity contribution in [2.45, 2.75) is 26.4 Å². The number of carbonyl (C=O) groups is 1. The zero-order valence-electron chi connectivity index (χ0n) is 11.7. The van der Waals surface area contributed by atoms with Crippen LogP contribution < -0.4 is 10.6 Å². The van der Waals surface area contributed by atoms with E-state index in [-0.39, 0.29) is 23.7 Å². The molecule has 0 saturated carbocycles. The first-order valence-corrected chi connectivity index (χ1v) is 6.23. The van der Waals surface area contributed by atoms with Gasteiger partial charge in [-0.1, -0.05) is 13.8 Å². The van der Waals surface area contributed by atoms with Gasteiger partial charge in [0.2, 0.25) is 0 Å². The van der Waals surface area contributed by atoms with E-state index in [0.29, 0.717) is 0 Å². The smallest absolute Gasteiger partial charge is 0.319 e. The Kier molecular flexibility index (Phi) is 5.06. The molecule has 1 atom stereocenters. The largest absolute Gasteiger partial charge is 0.388 e. The van der Waals surface area contributed by atoms with Crippen LogP contribution >= 0.6 is 0 Å². The molecular formula is C14H18FN3O2. The molecule has 0 aliphatic rings. The van der Waals surface area contributed by atoms with Crippen molar-refractivity contribution in [3.05, 3.63) is 29.6 Å². The Morgan fingerprint density at radius 1 is 1.55 bits per heavy atom. The van der Waals surface area contributed by atoms with Gasteiger partial charge in [-0.15, -0.1) is 0 Å². The molecule has 0 bridgehead atoms. The molecule has 5 nitrogen and oxygen atoms in total. The molecule has 1 unspecified atom stereocenters. The summed E-state index contributed by atoms with van der Waals surface area (Å²) >= 11 is 0. The van der Waals surface area contributed by atoms with Gasteiger partial charge in [-0.3, -0.25) is 0 Å². The van der Waals surface area contributed by atoms with Crippen LogP contribution in [-0.4, -0.2) is 23.3 Å². The van der Waals surface area contributed by atoms with E-state index >= 15 is 0 Å². The molecule has 108 valence electrons. The number of aliphatic hydroxyl groups is 1. The third-order valence-electron chi connectivity index (χ3n) is 3.20. The summed E-state index contributed by atoms with van der Waals surface area (Å²) in [5.41, 5.74) is -0.774. The lowest BCUT2D eigenvalue weighted by molar-refractivity contribution is 0.0170. The molecular weight excluding hydrogens is 261 g/mol.